The summed E-state index contributed by atoms with van der Waals surface area (Å²) in [5.74, 6) is 0. The predicted octanol–water partition coefficient (Wildman–Crippen LogP) is 6.71. The van der Waals surface area contributed by atoms with Gasteiger partial charge in [-0.05, 0) is 60.5 Å². The van der Waals surface area contributed by atoms with Gasteiger partial charge in [-0.1, -0.05) is 134 Å². The molecule has 1 fully saturated rings. The van der Waals surface area contributed by atoms with E-state index in [1.807, 2.05) is 23.4 Å². The van der Waals surface area contributed by atoms with Gasteiger partial charge in [-0.3, -0.25) is 0 Å². The van der Waals surface area contributed by atoms with Crippen molar-refractivity contribution < 1.29 is 8.42 Å². The summed E-state index contributed by atoms with van der Waals surface area (Å²) >= 11 is 0. The van der Waals surface area contributed by atoms with Crippen molar-refractivity contribution in [2.45, 2.75) is 74.4 Å². The molecule has 0 unspecified atom stereocenters. The van der Waals surface area contributed by atoms with E-state index in [1.165, 1.54) is 21.5 Å². The summed E-state index contributed by atoms with van der Waals surface area (Å²) in [7, 11) is -6.22. The molecule has 5 heteroatoms. The molecule has 1 aliphatic carbocycles. The molecule has 0 amide bonds. The summed E-state index contributed by atoms with van der Waals surface area (Å²) in [4.78, 5) is 0.398. The highest BCUT2D eigenvalue weighted by Gasteiger charge is 2.62. The van der Waals surface area contributed by atoms with Gasteiger partial charge < -0.3 is 0 Å². The Hall–Kier alpha value is -2.99. The Balaban J connectivity index is 1.57. The van der Waals surface area contributed by atoms with Crippen molar-refractivity contribution in [1.29, 1.82) is 0 Å². The molecule has 1 heterocycles. The first-order valence-electron chi connectivity index (χ1n) is 14.9. The largest absolute Gasteiger partial charge is 0.243 e. The van der Waals surface area contributed by atoms with E-state index in [1.54, 1.807) is 12.1 Å². The normalized spacial score (nSPS) is 21.3. The Labute approximate surface area is 247 Å². The fourth-order valence-electron chi connectivity index (χ4n) is 7.83. The molecule has 0 bridgehead atoms. The van der Waals surface area contributed by atoms with Gasteiger partial charge in [0.2, 0.25) is 10.0 Å². The first kappa shape index (κ1) is 28.1. The van der Waals surface area contributed by atoms with Gasteiger partial charge >= 0.3 is 0 Å². The molecule has 4 aromatic rings. The summed E-state index contributed by atoms with van der Waals surface area (Å²) in [5.41, 5.74) is 3.64. The van der Waals surface area contributed by atoms with Gasteiger partial charge in [0, 0.05) is 18.0 Å². The molecular weight excluding hydrogens is 539 g/mol. The van der Waals surface area contributed by atoms with Crippen molar-refractivity contribution in [1.82, 2.24) is 4.31 Å². The lowest BCUT2D eigenvalue weighted by molar-refractivity contribution is 0.0564. The Kier molecular flexibility index (Phi) is 7.12. The van der Waals surface area contributed by atoms with Crippen LogP contribution in [0.4, 0.5) is 0 Å². The number of aryl methyl sites for hydroxylation is 2. The first-order valence-corrected chi connectivity index (χ1v) is 18.5. The van der Waals surface area contributed by atoms with Gasteiger partial charge in [-0.25, -0.2) is 8.42 Å². The molecule has 6 rings (SSSR count). The van der Waals surface area contributed by atoms with E-state index in [0.717, 1.165) is 30.9 Å². The standard InChI is InChI=1S/C36H41NO2SSi/c1-28-21-23-30(24-22-28)40(38,39)37-27-36(25-13-15-29-14-11-12-20-33(29)36)34(37)26-41(35(2,3)4,31-16-7-5-8-17-31)32-18-9-6-10-19-32/h5-12,14,16-24,34H,13,15,25-27H2,1-4H3/t34-,36+/m0/s1. The van der Waals surface area contributed by atoms with Crippen LogP contribution in [0.1, 0.15) is 50.3 Å². The minimum atomic E-state index is -3.67. The van der Waals surface area contributed by atoms with E-state index in [0.29, 0.717) is 11.4 Å². The molecular formula is C36H41NO2SSi. The van der Waals surface area contributed by atoms with Crippen LogP contribution in [0, 0.1) is 6.92 Å². The summed E-state index contributed by atoms with van der Waals surface area (Å²) < 4.78 is 30.7. The van der Waals surface area contributed by atoms with Crippen LogP contribution in [0.5, 0.6) is 0 Å². The highest BCUT2D eigenvalue weighted by molar-refractivity contribution is 7.89. The lowest BCUT2D eigenvalue weighted by Gasteiger charge is -2.62. The van der Waals surface area contributed by atoms with Crippen molar-refractivity contribution >= 4 is 28.5 Å². The lowest BCUT2D eigenvalue weighted by Crippen LogP contribution is -2.75. The molecule has 0 aromatic heterocycles. The zero-order chi connectivity index (χ0) is 28.9. The predicted molar refractivity (Wildman–Crippen MR) is 172 cm³/mol. The van der Waals surface area contributed by atoms with Crippen LogP contribution in [0.2, 0.25) is 11.1 Å². The average molecular weight is 580 g/mol. The molecule has 2 atom stereocenters. The second kappa shape index (κ2) is 10.4. The van der Waals surface area contributed by atoms with Gasteiger partial charge in [-0.2, -0.15) is 4.31 Å². The van der Waals surface area contributed by atoms with Crippen LogP contribution in [0.15, 0.2) is 114 Å². The van der Waals surface area contributed by atoms with Gasteiger partial charge in [0.15, 0.2) is 0 Å². The van der Waals surface area contributed by atoms with Crippen molar-refractivity contribution in [2.75, 3.05) is 6.54 Å². The van der Waals surface area contributed by atoms with Crippen LogP contribution in [-0.4, -0.2) is 33.4 Å². The molecule has 0 saturated carbocycles. The number of fused-ring (bicyclic) bond motifs is 2. The smallest absolute Gasteiger partial charge is 0.207 e. The fourth-order valence-corrected chi connectivity index (χ4v) is 15.6. The van der Waals surface area contributed by atoms with E-state index in [2.05, 4.69) is 106 Å². The maximum Gasteiger partial charge on any atom is 0.243 e. The molecule has 3 nitrogen and oxygen atoms in total. The molecule has 0 N–H and O–H groups in total. The lowest BCUT2D eigenvalue weighted by atomic mass is 9.61. The minimum Gasteiger partial charge on any atom is -0.207 e. The van der Waals surface area contributed by atoms with E-state index < -0.39 is 18.1 Å². The van der Waals surface area contributed by atoms with Gasteiger partial charge in [0.1, 0.15) is 8.07 Å². The highest BCUT2D eigenvalue weighted by atomic mass is 32.2. The Morgan fingerprint density at radius 2 is 1.37 bits per heavy atom. The number of rotatable bonds is 6. The second-order valence-electron chi connectivity index (χ2n) is 13.1. The number of hydrogen-bond donors (Lipinski definition) is 0. The molecule has 41 heavy (non-hydrogen) atoms. The summed E-state index contributed by atoms with van der Waals surface area (Å²) in [6.07, 6.45) is 3.17. The van der Waals surface area contributed by atoms with E-state index in [-0.39, 0.29) is 16.5 Å². The molecule has 1 spiro atoms. The monoisotopic (exact) mass is 579 g/mol. The second-order valence-corrected chi connectivity index (χ2v) is 19.9. The van der Waals surface area contributed by atoms with Crippen LogP contribution in [0.3, 0.4) is 0 Å². The van der Waals surface area contributed by atoms with Crippen molar-refractivity contribution in [2.24, 2.45) is 0 Å². The third kappa shape index (κ3) is 4.53. The number of hydrogen-bond acceptors (Lipinski definition) is 2. The maximum absolute atomic E-state index is 14.4. The Morgan fingerprint density at radius 3 is 1.95 bits per heavy atom. The number of benzene rings is 4. The number of nitrogens with zero attached hydrogens (tertiary/aromatic N) is 1. The summed E-state index contributed by atoms with van der Waals surface area (Å²) in [6.45, 7) is 9.66. The van der Waals surface area contributed by atoms with Crippen molar-refractivity contribution in [3.8, 4) is 0 Å². The molecule has 2 aliphatic rings. The molecule has 212 valence electrons. The zero-order valence-corrected chi connectivity index (χ0v) is 26.5. The highest BCUT2D eigenvalue weighted by Crippen LogP contribution is 2.55. The quantitative estimate of drug-likeness (QED) is 0.238. The molecule has 0 radical (unpaired) electrons. The third-order valence-electron chi connectivity index (χ3n) is 9.99. The number of sulfonamides is 1. The van der Waals surface area contributed by atoms with Gasteiger partial charge in [0.05, 0.1) is 4.90 Å². The average Bonchev–Trinajstić information content (AvgIpc) is 2.97. The maximum atomic E-state index is 14.4. The zero-order valence-electron chi connectivity index (χ0n) is 24.7. The first-order chi connectivity index (χ1) is 19.6. The van der Waals surface area contributed by atoms with E-state index in [4.69, 9.17) is 0 Å². The Bertz CT molecular complexity index is 1590. The molecule has 1 aliphatic heterocycles. The van der Waals surface area contributed by atoms with Crippen LogP contribution >= 0.6 is 0 Å². The topological polar surface area (TPSA) is 37.4 Å². The fraction of sp³-hybridized carbons (Fsp3) is 0.333. The Morgan fingerprint density at radius 1 is 0.805 bits per heavy atom. The summed E-state index contributed by atoms with van der Waals surface area (Å²) in [6, 6.07) is 38.9. The van der Waals surface area contributed by atoms with E-state index >= 15 is 0 Å². The molecule has 1 saturated heterocycles. The van der Waals surface area contributed by atoms with Crippen LogP contribution in [-0.2, 0) is 21.9 Å². The van der Waals surface area contributed by atoms with E-state index in [9.17, 15) is 8.42 Å². The minimum absolute atomic E-state index is 0.0556. The van der Waals surface area contributed by atoms with Crippen LogP contribution < -0.4 is 10.4 Å². The van der Waals surface area contributed by atoms with Crippen molar-refractivity contribution in [3.63, 3.8) is 0 Å². The third-order valence-corrected chi connectivity index (χ3v) is 18.1. The summed E-state index contributed by atoms with van der Waals surface area (Å²) in [5, 5.41) is 2.69. The van der Waals surface area contributed by atoms with Gasteiger partial charge in [0.25, 0.3) is 0 Å². The van der Waals surface area contributed by atoms with Gasteiger partial charge in [-0.15, -0.1) is 0 Å². The van der Waals surface area contributed by atoms with Crippen LogP contribution in [0.25, 0.3) is 0 Å². The van der Waals surface area contributed by atoms with Crippen molar-refractivity contribution in [3.05, 3.63) is 126 Å². The SMILES string of the molecule is Cc1ccc(S(=O)(=O)N2C[C@@]3(CCCc4ccccc43)[C@@H]2C[Si](c2ccccc2)(c2ccccc2)C(C)(C)C)cc1. The molecule has 4 aromatic carbocycles.